The van der Waals surface area contributed by atoms with Gasteiger partial charge < -0.3 is 4.74 Å². The van der Waals surface area contributed by atoms with Crippen LogP contribution >= 0.6 is 0 Å². The van der Waals surface area contributed by atoms with Crippen molar-refractivity contribution in [2.24, 2.45) is 0 Å². The first kappa shape index (κ1) is 18.4. The quantitative estimate of drug-likeness (QED) is 0.475. The Bertz CT molecular complexity index is 917. The average molecular weight is 378 g/mol. The second-order valence-corrected chi connectivity index (χ2v) is 7.40. The maximum atomic E-state index is 12.7. The standard InChI is InChI=1S/C22H22N2O4/c25-19-13-22(14-24(15-22)11-10-16-4-2-1-3-5-16)28-20-8-6-17(12-18(19)20)7-9-21(26)23-27/h1-9,12,27H,10-11,13-15H2,(H,23,26)/b9-7+. The Balaban J connectivity index is 1.38. The fraction of sp³-hybridized carbons (Fsp3) is 0.273. The lowest BCUT2D eigenvalue weighted by Crippen LogP contribution is -2.67. The van der Waals surface area contributed by atoms with Crippen molar-refractivity contribution in [3.05, 3.63) is 71.3 Å². The van der Waals surface area contributed by atoms with Crippen LogP contribution in [-0.4, -0.2) is 47.0 Å². The fourth-order valence-corrected chi connectivity index (χ4v) is 3.86. The number of carbonyl (C=O) groups is 2. The van der Waals surface area contributed by atoms with Gasteiger partial charge in [-0.2, -0.15) is 0 Å². The van der Waals surface area contributed by atoms with Gasteiger partial charge in [0.25, 0.3) is 5.91 Å². The maximum Gasteiger partial charge on any atom is 0.267 e. The Hall–Kier alpha value is -2.96. The number of carbonyl (C=O) groups excluding carboxylic acids is 2. The van der Waals surface area contributed by atoms with Crippen LogP contribution in [0.15, 0.2) is 54.6 Å². The molecule has 1 fully saturated rings. The summed E-state index contributed by atoms with van der Waals surface area (Å²) in [5.41, 5.74) is 3.67. The van der Waals surface area contributed by atoms with Crippen LogP contribution in [0.5, 0.6) is 5.75 Å². The lowest BCUT2D eigenvalue weighted by molar-refractivity contribution is -0.124. The minimum atomic E-state index is -0.621. The predicted octanol–water partition coefficient (Wildman–Crippen LogP) is 2.47. The summed E-state index contributed by atoms with van der Waals surface area (Å²) in [4.78, 5) is 26.1. The van der Waals surface area contributed by atoms with E-state index in [4.69, 9.17) is 9.94 Å². The molecule has 0 aromatic heterocycles. The number of hydrogen-bond acceptors (Lipinski definition) is 5. The minimum Gasteiger partial charge on any atom is -0.483 e. The van der Waals surface area contributed by atoms with Gasteiger partial charge in [0.2, 0.25) is 0 Å². The number of ether oxygens (including phenoxy) is 1. The molecule has 2 heterocycles. The van der Waals surface area contributed by atoms with Crippen LogP contribution in [-0.2, 0) is 11.2 Å². The van der Waals surface area contributed by atoms with Crippen LogP contribution in [0.3, 0.4) is 0 Å². The maximum absolute atomic E-state index is 12.7. The van der Waals surface area contributed by atoms with E-state index >= 15 is 0 Å². The number of benzene rings is 2. The van der Waals surface area contributed by atoms with E-state index in [0.29, 0.717) is 23.3 Å². The zero-order valence-electron chi connectivity index (χ0n) is 15.4. The number of amides is 1. The van der Waals surface area contributed by atoms with Gasteiger partial charge in [0.1, 0.15) is 11.4 Å². The highest BCUT2D eigenvalue weighted by atomic mass is 16.5. The number of likely N-dealkylation sites (tertiary alicyclic amines) is 1. The molecule has 1 amide bonds. The summed E-state index contributed by atoms with van der Waals surface area (Å²) in [6.45, 7) is 2.46. The highest BCUT2D eigenvalue weighted by molar-refractivity contribution is 6.01. The molecular formula is C22H22N2O4. The number of rotatable bonds is 5. The largest absolute Gasteiger partial charge is 0.483 e. The molecule has 6 nitrogen and oxygen atoms in total. The molecule has 0 saturated carbocycles. The van der Waals surface area contributed by atoms with E-state index in [-0.39, 0.29) is 5.78 Å². The number of nitrogens with one attached hydrogen (secondary N) is 1. The molecule has 4 rings (SSSR count). The Morgan fingerprint density at radius 1 is 1.21 bits per heavy atom. The van der Waals surface area contributed by atoms with Crippen molar-refractivity contribution in [1.29, 1.82) is 0 Å². The minimum absolute atomic E-state index is 0.0609. The van der Waals surface area contributed by atoms with Gasteiger partial charge in [0.15, 0.2) is 5.78 Å². The molecule has 0 aliphatic carbocycles. The smallest absolute Gasteiger partial charge is 0.267 e. The van der Waals surface area contributed by atoms with E-state index in [2.05, 4.69) is 17.0 Å². The van der Waals surface area contributed by atoms with Crippen LogP contribution < -0.4 is 10.2 Å². The predicted molar refractivity (Wildman–Crippen MR) is 104 cm³/mol. The van der Waals surface area contributed by atoms with Crippen molar-refractivity contribution in [2.75, 3.05) is 19.6 Å². The molecule has 2 aromatic carbocycles. The number of ketones is 1. The van der Waals surface area contributed by atoms with Gasteiger partial charge in [-0.3, -0.25) is 19.7 Å². The van der Waals surface area contributed by atoms with Gasteiger partial charge in [-0.15, -0.1) is 0 Å². The molecule has 28 heavy (non-hydrogen) atoms. The van der Waals surface area contributed by atoms with Gasteiger partial charge in [0, 0.05) is 25.7 Å². The monoisotopic (exact) mass is 378 g/mol. The van der Waals surface area contributed by atoms with Gasteiger partial charge in [-0.1, -0.05) is 36.4 Å². The zero-order chi connectivity index (χ0) is 19.6. The summed E-state index contributed by atoms with van der Waals surface area (Å²) in [6, 6.07) is 15.7. The van der Waals surface area contributed by atoms with Crippen molar-refractivity contribution in [1.82, 2.24) is 10.4 Å². The fourth-order valence-electron chi connectivity index (χ4n) is 3.86. The second kappa shape index (κ2) is 7.58. The Morgan fingerprint density at radius 2 is 2.00 bits per heavy atom. The van der Waals surface area contributed by atoms with Gasteiger partial charge in [0.05, 0.1) is 12.0 Å². The van der Waals surface area contributed by atoms with E-state index < -0.39 is 11.5 Å². The summed E-state index contributed by atoms with van der Waals surface area (Å²) >= 11 is 0. The number of fused-ring (bicyclic) bond motifs is 1. The Labute approximate surface area is 163 Å². The molecule has 144 valence electrons. The molecular weight excluding hydrogens is 356 g/mol. The number of Topliss-reactive ketones (excluding diaryl/α,β-unsaturated/α-hetero) is 1. The van der Waals surface area contributed by atoms with Crippen LogP contribution in [0.4, 0.5) is 0 Å². The van der Waals surface area contributed by atoms with Gasteiger partial charge >= 0.3 is 0 Å². The van der Waals surface area contributed by atoms with Crippen LogP contribution in [0.1, 0.15) is 27.9 Å². The molecule has 1 saturated heterocycles. The summed E-state index contributed by atoms with van der Waals surface area (Å²) in [6.07, 6.45) is 4.09. The number of hydroxylamine groups is 1. The molecule has 0 atom stereocenters. The zero-order valence-corrected chi connectivity index (χ0v) is 15.4. The highest BCUT2D eigenvalue weighted by Crippen LogP contribution is 2.39. The van der Waals surface area contributed by atoms with E-state index in [0.717, 1.165) is 26.1 Å². The molecule has 2 aromatic rings. The van der Waals surface area contributed by atoms with Crippen molar-refractivity contribution in [3.63, 3.8) is 0 Å². The Kier molecular flexibility index (Phi) is 4.98. The van der Waals surface area contributed by atoms with Crippen LogP contribution in [0.25, 0.3) is 6.08 Å². The first-order valence-electron chi connectivity index (χ1n) is 9.32. The molecule has 2 aliphatic heterocycles. The summed E-state index contributed by atoms with van der Waals surface area (Å²) in [5, 5.41) is 8.53. The third-order valence-electron chi connectivity index (χ3n) is 5.23. The SMILES string of the molecule is O=C(/C=C/c1ccc2c(c1)C(=O)CC1(CN(CCc3ccccc3)C1)O2)NO. The summed E-state index contributed by atoms with van der Waals surface area (Å²) in [5.74, 6) is 0.0397. The van der Waals surface area contributed by atoms with Gasteiger partial charge in [-0.25, -0.2) is 5.48 Å². The lowest BCUT2D eigenvalue weighted by Gasteiger charge is -2.51. The third kappa shape index (κ3) is 3.83. The number of hydrogen-bond donors (Lipinski definition) is 2. The molecule has 6 heteroatoms. The van der Waals surface area contributed by atoms with E-state index in [1.54, 1.807) is 18.2 Å². The topological polar surface area (TPSA) is 78.9 Å². The van der Waals surface area contributed by atoms with E-state index in [1.807, 2.05) is 18.2 Å². The van der Waals surface area contributed by atoms with Gasteiger partial charge in [-0.05, 0) is 35.8 Å². The van der Waals surface area contributed by atoms with E-state index in [9.17, 15) is 9.59 Å². The summed E-state index contributed by atoms with van der Waals surface area (Å²) < 4.78 is 6.20. The normalized spacial score (nSPS) is 17.8. The molecule has 0 bridgehead atoms. The van der Waals surface area contributed by atoms with Crippen LogP contribution in [0.2, 0.25) is 0 Å². The van der Waals surface area contributed by atoms with Crippen LogP contribution in [0, 0.1) is 0 Å². The highest BCUT2D eigenvalue weighted by Gasteiger charge is 2.49. The second-order valence-electron chi connectivity index (χ2n) is 7.40. The lowest BCUT2D eigenvalue weighted by atomic mass is 9.83. The average Bonchev–Trinajstić information content (AvgIpc) is 2.69. The molecule has 2 N–H and O–H groups in total. The third-order valence-corrected chi connectivity index (χ3v) is 5.23. The van der Waals surface area contributed by atoms with Crippen molar-refractivity contribution < 1.29 is 19.5 Å². The molecule has 0 unspecified atom stereocenters. The van der Waals surface area contributed by atoms with Crippen molar-refractivity contribution in [2.45, 2.75) is 18.4 Å². The Morgan fingerprint density at radius 3 is 2.75 bits per heavy atom. The van der Waals surface area contributed by atoms with Crippen molar-refractivity contribution >= 4 is 17.8 Å². The number of nitrogens with zero attached hydrogens (tertiary/aromatic N) is 1. The molecule has 2 aliphatic rings. The molecule has 1 spiro atoms. The van der Waals surface area contributed by atoms with E-state index in [1.165, 1.54) is 23.2 Å². The first-order chi connectivity index (χ1) is 13.6. The van der Waals surface area contributed by atoms with Crippen molar-refractivity contribution in [3.8, 4) is 5.75 Å². The first-order valence-corrected chi connectivity index (χ1v) is 9.32. The summed E-state index contributed by atoms with van der Waals surface area (Å²) in [7, 11) is 0. The molecule has 0 radical (unpaired) electrons.